The number of hydrogen-bond donors (Lipinski definition) is 0. The molecule has 0 aromatic carbocycles. The smallest absolute Gasteiger partial charge is 0.0443 e. The van der Waals surface area contributed by atoms with Crippen molar-refractivity contribution in [2.75, 3.05) is 0 Å². The van der Waals surface area contributed by atoms with E-state index >= 15 is 0 Å². The van der Waals surface area contributed by atoms with E-state index in [1.807, 2.05) is 0 Å². The highest BCUT2D eigenvalue weighted by molar-refractivity contribution is 4.58. The summed E-state index contributed by atoms with van der Waals surface area (Å²) in [4.78, 5) is 0. The summed E-state index contributed by atoms with van der Waals surface area (Å²) in [6, 6.07) is 0. The van der Waals surface area contributed by atoms with E-state index in [4.69, 9.17) is 0 Å². The molecule has 0 radical (unpaired) electrons. The van der Waals surface area contributed by atoms with Gasteiger partial charge in [0.05, 0.1) is 0 Å². The van der Waals surface area contributed by atoms with E-state index in [0.29, 0.717) is 0 Å². The first kappa shape index (κ1) is 37.0. The lowest BCUT2D eigenvalue weighted by Gasteiger charge is -2.12. The van der Waals surface area contributed by atoms with Gasteiger partial charge in [0.1, 0.15) is 0 Å². The van der Waals surface area contributed by atoms with Crippen molar-refractivity contribution in [2.45, 2.75) is 221 Å². The SMILES string of the molecule is CCCCCCCCCCCCCCCCC(C)CCCCCCCC(C)CCCCCCCC(C)C. The molecular weight excluding hydrogens is 444 g/mol. The molecule has 0 heterocycles. The second kappa shape index (κ2) is 30.5. The number of unbranched alkanes of at least 4 members (excludes halogenated alkanes) is 21. The number of rotatable bonds is 31. The zero-order chi connectivity index (χ0) is 27.2. The van der Waals surface area contributed by atoms with E-state index in [-0.39, 0.29) is 0 Å². The van der Waals surface area contributed by atoms with Gasteiger partial charge < -0.3 is 0 Å². The summed E-state index contributed by atoms with van der Waals surface area (Å²) >= 11 is 0. The van der Waals surface area contributed by atoms with Crippen molar-refractivity contribution in [1.82, 2.24) is 0 Å². The minimum Gasteiger partial charge on any atom is -0.0654 e. The average Bonchev–Trinajstić information content (AvgIpc) is 2.87. The molecule has 0 N–H and O–H groups in total. The Labute approximate surface area is 238 Å². The van der Waals surface area contributed by atoms with Crippen LogP contribution < -0.4 is 0 Å². The third kappa shape index (κ3) is 32.1. The molecule has 0 nitrogen and oxygen atoms in total. The molecular formula is C37H76. The van der Waals surface area contributed by atoms with Gasteiger partial charge in [-0.3, -0.25) is 0 Å². The van der Waals surface area contributed by atoms with Gasteiger partial charge >= 0.3 is 0 Å². The molecule has 0 rings (SSSR count). The summed E-state index contributed by atoms with van der Waals surface area (Å²) in [6.07, 6.45) is 42.7. The zero-order valence-corrected chi connectivity index (χ0v) is 27.2. The highest BCUT2D eigenvalue weighted by Gasteiger charge is 2.04. The van der Waals surface area contributed by atoms with Crippen molar-refractivity contribution in [3.63, 3.8) is 0 Å². The van der Waals surface area contributed by atoms with Crippen molar-refractivity contribution in [3.05, 3.63) is 0 Å². The normalized spacial score (nSPS) is 13.5. The molecule has 0 saturated heterocycles. The largest absolute Gasteiger partial charge is 0.0654 e. The van der Waals surface area contributed by atoms with Crippen molar-refractivity contribution in [3.8, 4) is 0 Å². The molecule has 2 unspecified atom stereocenters. The molecule has 0 spiro atoms. The van der Waals surface area contributed by atoms with E-state index < -0.39 is 0 Å². The predicted molar refractivity (Wildman–Crippen MR) is 173 cm³/mol. The summed E-state index contributed by atoms with van der Waals surface area (Å²) in [7, 11) is 0. The van der Waals surface area contributed by atoms with Gasteiger partial charge in [-0.15, -0.1) is 0 Å². The highest BCUT2D eigenvalue weighted by Crippen LogP contribution is 2.21. The molecule has 0 heteroatoms. The maximum Gasteiger partial charge on any atom is -0.0443 e. The second-order valence-electron chi connectivity index (χ2n) is 13.7. The maximum atomic E-state index is 2.51. The summed E-state index contributed by atoms with van der Waals surface area (Å²) in [5.74, 6) is 2.81. The highest BCUT2D eigenvalue weighted by atomic mass is 14.1. The van der Waals surface area contributed by atoms with Gasteiger partial charge in [-0.2, -0.15) is 0 Å². The first-order chi connectivity index (χ1) is 18.1. The van der Waals surface area contributed by atoms with Crippen LogP contribution in [0.25, 0.3) is 0 Å². The van der Waals surface area contributed by atoms with Gasteiger partial charge in [-0.05, 0) is 17.8 Å². The van der Waals surface area contributed by atoms with Crippen LogP contribution in [0, 0.1) is 17.8 Å². The van der Waals surface area contributed by atoms with Crippen LogP contribution in [-0.2, 0) is 0 Å². The lowest BCUT2D eigenvalue weighted by atomic mass is 9.94. The minimum atomic E-state index is 0.891. The van der Waals surface area contributed by atoms with E-state index in [1.54, 1.807) is 0 Å². The second-order valence-corrected chi connectivity index (χ2v) is 13.7. The van der Waals surface area contributed by atoms with Crippen molar-refractivity contribution in [2.24, 2.45) is 17.8 Å². The van der Waals surface area contributed by atoms with Gasteiger partial charge in [0.15, 0.2) is 0 Å². The van der Waals surface area contributed by atoms with Crippen LogP contribution in [0.5, 0.6) is 0 Å². The quantitative estimate of drug-likeness (QED) is 0.0797. The zero-order valence-electron chi connectivity index (χ0n) is 27.2. The Morgan fingerprint density at radius 1 is 0.270 bits per heavy atom. The molecule has 0 aromatic rings. The van der Waals surface area contributed by atoms with E-state index in [0.717, 1.165) is 17.8 Å². The summed E-state index contributed by atoms with van der Waals surface area (Å²) in [6.45, 7) is 12.0. The van der Waals surface area contributed by atoms with Gasteiger partial charge in [-0.1, -0.05) is 221 Å². The summed E-state index contributed by atoms with van der Waals surface area (Å²) in [5, 5.41) is 0. The first-order valence-corrected chi connectivity index (χ1v) is 18.1. The van der Waals surface area contributed by atoms with E-state index in [1.165, 1.54) is 186 Å². The van der Waals surface area contributed by atoms with Crippen LogP contribution in [0.15, 0.2) is 0 Å². The van der Waals surface area contributed by atoms with Gasteiger partial charge in [-0.25, -0.2) is 0 Å². The predicted octanol–water partition coefficient (Wildman–Crippen LogP) is 14.2. The monoisotopic (exact) mass is 521 g/mol. The number of hydrogen-bond acceptors (Lipinski definition) is 0. The lowest BCUT2D eigenvalue weighted by Crippen LogP contribution is -1.96. The van der Waals surface area contributed by atoms with Crippen LogP contribution in [0.3, 0.4) is 0 Å². The summed E-state index contributed by atoms with van der Waals surface area (Å²) in [5.41, 5.74) is 0. The molecule has 224 valence electrons. The fourth-order valence-electron chi connectivity index (χ4n) is 6.07. The topological polar surface area (TPSA) is 0 Å². The van der Waals surface area contributed by atoms with Gasteiger partial charge in [0.2, 0.25) is 0 Å². The average molecular weight is 521 g/mol. The Morgan fingerprint density at radius 2 is 0.486 bits per heavy atom. The fraction of sp³-hybridized carbons (Fsp3) is 1.00. The Balaban J connectivity index is 3.24. The first-order valence-electron chi connectivity index (χ1n) is 18.1. The maximum absolute atomic E-state index is 2.51. The van der Waals surface area contributed by atoms with Crippen molar-refractivity contribution < 1.29 is 0 Å². The third-order valence-electron chi connectivity index (χ3n) is 8.92. The lowest BCUT2D eigenvalue weighted by molar-refractivity contribution is 0.415. The van der Waals surface area contributed by atoms with E-state index in [2.05, 4.69) is 34.6 Å². The van der Waals surface area contributed by atoms with Crippen LogP contribution >= 0.6 is 0 Å². The molecule has 0 aliphatic rings. The minimum absolute atomic E-state index is 0.891. The molecule has 0 saturated carbocycles. The van der Waals surface area contributed by atoms with Gasteiger partial charge in [0, 0.05) is 0 Å². The molecule has 0 aromatic heterocycles. The Hall–Kier alpha value is 0. The molecule has 0 amide bonds. The Morgan fingerprint density at radius 3 is 0.730 bits per heavy atom. The van der Waals surface area contributed by atoms with Crippen LogP contribution in [-0.4, -0.2) is 0 Å². The molecule has 0 aliphatic heterocycles. The summed E-state index contributed by atoms with van der Waals surface area (Å²) < 4.78 is 0. The molecule has 0 fully saturated rings. The van der Waals surface area contributed by atoms with Gasteiger partial charge in [0.25, 0.3) is 0 Å². The van der Waals surface area contributed by atoms with Crippen LogP contribution in [0.4, 0.5) is 0 Å². The standard InChI is InChI=1S/C37H76/c1-6-7-8-9-10-11-12-13-14-15-16-17-21-26-31-36(4)33-28-23-19-24-29-34-37(5)32-27-22-18-20-25-30-35(2)3/h35-37H,6-34H2,1-5H3. The van der Waals surface area contributed by atoms with Crippen LogP contribution in [0.2, 0.25) is 0 Å². The van der Waals surface area contributed by atoms with Crippen molar-refractivity contribution >= 4 is 0 Å². The van der Waals surface area contributed by atoms with Crippen LogP contribution in [0.1, 0.15) is 221 Å². The third-order valence-corrected chi connectivity index (χ3v) is 8.92. The molecule has 0 aliphatic carbocycles. The molecule has 0 bridgehead atoms. The molecule has 37 heavy (non-hydrogen) atoms. The molecule has 2 atom stereocenters. The Bertz CT molecular complexity index is 397. The Kier molecular flexibility index (Phi) is 30.5. The fourth-order valence-corrected chi connectivity index (χ4v) is 6.07. The van der Waals surface area contributed by atoms with E-state index in [9.17, 15) is 0 Å². The van der Waals surface area contributed by atoms with Crippen molar-refractivity contribution in [1.29, 1.82) is 0 Å².